The molecule has 0 unspecified atom stereocenters. The highest BCUT2D eigenvalue weighted by molar-refractivity contribution is 5.70. The predicted octanol–water partition coefficient (Wildman–Crippen LogP) is 0.953. The van der Waals surface area contributed by atoms with E-state index in [2.05, 4.69) is 9.72 Å². The molecule has 4 nitrogen and oxygen atoms in total. The van der Waals surface area contributed by atoms with Crippen molar-refractivity contribution in [2.45, 2.75) is 19.4 Å². The highest BCUT2D eigenvalue weighted by Gasteiger charge is 2.13. The molecule has 0 radical (unpaired) electrons. The van der Waals surface area contributed by atoms with Crippen molar-refractivity contribution in [1.82, 2.24) is 4.98 Å². The number of hydrogen-bond donors (Lipinski definition) is 1. The van der Waals surface area contributed by atoms with Gasteiger partial charge in [0, 0.05) is 17.9 Å². The summed E-state index contributed by atoms with van der Waals surface area (Å²) < 4.78 is 4.54. The summed E-state index contributed by atoms with van der Waals surface area (Å²) in [5.41, 5.74) is 7.57. The molecule has 2 N–H and O–H groups in total. The Balaban J connectivity index is 2.74. The Labute approximate surface area is 83.1 Å². The topological polar surface area (TPSA) is 65.2 Å². The zero-order chi connectivity index (χ0) is 10.6. The average molecular weight is 194 g/mol. The number of rotatable bonds is 3. The van der Waals surface area contributed by atoms with Crippen LogP contribution in [0.3, 0.4) is 0 Å². The molecule has 4 heteroatoms. The van der Waals surface area contributed by atoms with E-state index in [1.54, 1.807) is 12.3 Å². The lowest BCUT2D eigenvalue weighted by Crippen LogP contribution is -2.17. The van der Waals surface area contributed by atoms with Crippen LogP contribution in [0.1, 0.15) is 23.7 Å². The number of hydrogen-bond acceptors (Lipinski definition) is 4. The van der Waals surface area contributed by atoms with E-state index < -0.39 is 0 Å². The minimum Gasteiger partial charge on any atom is -0.469 e. The second kappa shape index (κ2) is 4.72. The SMILES string of the molecule is COC(=O)C[C@@H](N)c1cccnc1C. The summed E-state index contributed by atoms with van der Waals surface area (Å²) in [5.74, 6) is -0.305. The lowest BCUT2D eigenvalue weighted by Gasteiger charge is -2.12. The monoisotopic (exact) mass is 194 g/mol. The molecule has 0 aliphatic carbocycles. The quantitative estimate of drug-likeness (QED) is 0.727. The van der Waals surface area contributed by atoms with Crippen molar-refractivity contribution >= 4 is 5.97 Å². The summed E-state index contributed by atoms with van der Waals surface area (Å²) in [7, 11) is 1.35. The number of aromatic nitrogens is 1. The van der Waals surface area contributed by atoms with E-state index in [0.717, 1.165) is 11.3 Å². The number of ether oxygens (including phenoxy) is 1. The van der Waals surface area contributed by atoms with Crippen LogP contribution in [0.2, 0.25) is 0 Å². The Bertz CT molecular complexity index is 326. The van der Waals surface area contributed by atoms with Crippen LogP contribution in [0.15, 0.2) is 18.3 Å². The summed E-state index contributed by atoms with van der Waals surface area (Å²) in [6.07, 6.45) is 1.88. The van der Waals surface area contributed by atoms with E-state index in [-0.39, 0.29) is 18.4 Å². The number of methoxy groups -OCH3 is 1. The van der Waals surface area contributed by atoms with Gasteiger partial charge in [0.15, 0.2) is 0 Å². The molecule has 76 valence electrons. The van der Waals surface area contributed by atoms with Gasteiger partial charge in [-0.3, -0.25) is 9.78 Å². The van der Waals surface area contributed by atoms with Gasteiger partial charge in [0.2, 0.25) is 0 Å². The predicted molar refractivity (Wildman–Crippen MR) is 52.5 cm³/mol. The highest BCUT2D eigenvalue weighted by Crippen LogP contribution is 2.16. The zero-order valence-corrected chi connectivity index (χ0v) is 8.36. The minimum atomic E-state index is -0.337. The first-order valence-corrected chi connectivity index (χ1v) is 4.39. The molecule has 0 saturated carbocycles. The third-order valence-corrected chi connectivity index (χ3v) is 2.06. The summed E-state index contributed by atoms with van der Waals surface area (Å²) in [5, 5.41) is 0. The van der Waals surface area contributed by atoms with Crippen molar-refractivity contribution in [1.29, 1.82) is 0 Å². The van der Waals surface area contributed by atoms with E-state index in [1.165, 1.54) is 7.11 Å². The van der Waals surface area contributed by atoms with E-state index >= 15 is 0 Å². The molecule has 0 spiro atoms. The van der Waals surface area contributed by atoms with Crippen LogP contribution in [0.4, 0.5) is 0 Å². The van der Waals surface area contributed by atoms with Gasteiger partial charge >= 0.3 is 5.97 Å². The van der Waals surface area contributed by atoms with Crippen molar-refractivity contribution in [2.75, 3.05) is 7.11 Å². The number of pyridine rings is 1. The van der Waals surface area contributed by atoms with Crippen molar-refractivity contribution in [3.63, 3.8) is 0 Å². The molecule has 0 saturated heterocycles. The van der Waals surface area contributed by atoms with Gasteiger partial charge in [0.05, 0.1) is 13.5 Å². The second-order valence-electron chi connectivity index (χ2n) is 3.06. The molecule has 1 rings (SSSR count). The van der Waals surface area contributed by atoms with Gasteiger partial charge < -0.3 is 10.5 Å². The summed E-state index contributed by atoms with van der Waals surface area (Å²) in [6, 6.07) is 3.34. The Morgan fingerprint density at radius 1 is 1.71 bits per heavy atom. The van der Waals surface area contributed by atoms with Crippen molar-refractivity contribution in [2.24, 2.45) is 5.73 Å². The zero-order valence-electron chi connectivity index (χ0n) is 8.36. The van der Waals surface area contributed by atoms with Gasteiger partial charge in [0.1, 0.15) is 0 Å². The van der Waals surface area contributed by atoms with Gasteiger partial charge in [-0.05, 0) is 18.6 Å². The van der Waals surface area contributed by atoms with Crippen LogP contribution >= 0.6 is 0 Å². The lowest BCUT2D eigenvalue weighted by molar-refractivity contribution is -0.141. The Kier molecular flexibility index (Phi) is 3.59. The van der Waals surface area contributed by atoms with Crippen LogP contribution in [-0.2, 0) is 9.53 Å². The molecule has 0 bridgehead atoms. The number of aryl methyl sites for hydroxylation is 1. The smallest absolute Gasteiger partial charge is 0.307 e. The van der Waals surface area contributed by atoms with E-state index in [1.807, 2.05) is 13.0 Å². The van der Waals surface area contributed by atoms with Crippen molar-refractivity contribution < 1.29 is 9.53 Å². The van der Waals surface area contributed by atoms with Gasteiger partial charge in [-0.1, -0.05) is 6.07 Å². The standard InChI is InChI=1S/C10H14N2O2/c1-7-8(4-3-5-12-7)9(11)6-10(13)14-2/h3-5,9H,6,11H2,1-2H3/t9-/m1/s1. The number of nitrogens with zero attached hydrogens (tertiary/aromatic N) is 1. The molecule has 0 aliphatic rings. The first kappa shape index (κ1) is 10.7. The molecular formula is C10H14N2O2. The van der Waals surface area contributed by atoms with Crippen LogP contribution in [0, 0.1) is 6.92 Å². The van der Waals surface area contributed by atoms with E-state index in [4.69, 9.17) is 5.73 Å². The maximum absolute atomic E-state index is 11.0. The molecule has 0 aliphatic heterocycles. The summed E-state index contributed by atoms with van der Waals surface area (Å²) in [6.45, 7) is 1.87. The van der Waals surface area contributed by atoms with Gasteiger partial charge in [0.25, 0.3) is 0 Å². The average Bonchev–Trinajstić information content (AvgIpc) is 2.18. The fourth-order valence-corrected chi connectivity index (χ4v) is 1.26. The minimum absolute atomic E-state index is 0.184. The maximum atomic E-state index is 11.0. The first-order valence-electron chi connectivity index (χ1n) is 4.39. The number of esters is 1. The molecule has 1 heterocycles. The Morgan fingerprint density at radius 2 is 2.43 bits per heavy atom. The highest BCUT2D eigenvalue weighted by atomic mass is 16.5. The van der Waals surface area contributed by atoms with Crippen LogP contribution < -0.4 is 5.73 Å². The first-order chi connectivity index (χ1) is 6.65. The molecule has 1 aromatic heterocycles. The lowest BCUT2D eigenvalue weighted by atomic mass is 10.0. The fourth-order valence-electron chi connectivity index (χ4n) is 1.26. The maximum Gasteiger partial charge on any atom is 0.307 e. The molecule has 0 fully saturated rings. The molecule has 0 amide bonds. The number of carbonyl (C=O) groups excluding carboxylic acids is 1. The van der Waals surface area contributed by atoms with Gasteiger partial charge in [-0.25, -0.2) is 0 Å². The van der Waals surface area contributed by atoms with Gasteiger partial charge in [-0.15, -0.1) is 0 Å². The summed E-state index contributed by atoms with van der Waals surface area (Å²) >= 11 is 0. The molecule has 1 aromatic rings. The molecule has 1 atom stereocenters. The second-order valence-corrected chi connectivity index (χ2v) is 3.06. The van der Waals surface area contributed by atoms with Crippen molar-refractivity contribution in [3.05, 3.63) is 29.6 Å². The van der Waals surface area contributed by atoms with Crippen LogP contribution in [0.5, 0.6) is 0 Å². The Morgan fingerprint density at radius 3 is 3.00 bits per heavy atom. The third-order valence-electron chi connectivity index (χ3n) is 2.06. The third kappa shape index (κ3) is 2.53. The van der Waals surface area contributed by atoms with Crippen LogP contribution in [0.25, 0.3) is 0 Å². The molecule has 14 heavy (non-hydrogen) atoms. The number of carbonyl (C=O) groups is 1. The summed E-state index contributed by atoms with van der Waals surface area (Å²) in [4.78, 5) is 15.1. The van der Waals surface area contributed by atoms with E-state index in [9.17, 15) is 4.79 Å². The Hall–Kier alpha value is -1.42. The van der Waals surface area contributed by atoms with E-state index in [0.29, 0.717) is 0 Å². The molecule has 0 aromatic carbocycles. The van der Waals surface area contributed by atoms with Crippen molar-refractivity contribution in [3.8, 4) is 0 Å². The number of nitrogens with two attached hydrogens (primary N) is 1. The van der Waals surface area contributed by atoms with Gasteiger partial charge in [-0.2, -0.15) is 0 Å². The fraction of sp³-hybridized carbons (Fsp3) is 0.400. The van der Waals surface area contributed by atoms with Crippen LogP contribution in [-0.4, -0.2) is 18.1 Å². The molecular weight excluding hydrogens is 180 g/mol. The largest absolute Gasteiger partial charge is 0.469 e. The normalized spacial score (nSPS) is 12.2.